The Labute approximate surface area is 115 Å². The van der Waals surface area contributed by atoms with Crippen LogP contribution in [0.2, 0.25) is 0 Å². The molecule has 0 aromatic heterocycles. The summed E-state index contributed by atoms with van der Waals surface area (Å²) < 4.78 is 17.3. The first-order chi connectivity index (χ1) is 9.51. The second-order valence-corrected chi connectivity index (χ2v) is 4.62. The van der Waals surface area contributed by atoms with Gasteiger partial charge in [-0.2, -0.15) is 0 Å². The van der Waals surface area contributed by atoms with E-state index in [0.717, 1.165) is 0 Å². The van der Waals surface area contributed by atoms with Crippen molar-refractivity contribution < 1.29 is 23.5 Å². The molecule has 1 unspecified atom stereocenters. The maximum Gasteiger partial charge on any atom is 0.318 e. The summed E-state index contributed by atoms with van der Waals surface area (Å²) in [5.41, 5.74) is 0.658. The van der Waals surface area contributed by atoms with Crippen molar-refractivity contribution in [3.05, 3.63) is 35.6 Å². The van der Waals surface area contributed by atoms with Crippen LogP contribution in [0.4, 0.5) is 4.39 Å². The molecule has 1 aliphatic heterocycles. The third kappa shape index (κ3) is 3.01. The molecule has 1 heterocycles. The van der Waals surface area contributed by atoms with Crippen molar-refractivity contribution in [2.24, 2.45) is 5.92 Å². The van der Waals surface area contributed by atoms with E-state index >= 15 is 0 Å². The molecule has 5 nitrogen and oxygen atoms in total. The fraction of sp³-hybridized carbons (Fsp3) is 0.357. The minimum absolute atomic E-state index is 0.0472. The maximum absolute atomic E-state index is 12.8. The lowest BCUT2D eigenvalue weighted by atomic mass is 10.1. The van der Waals surface area contributed by atoms with Crippen LogP contribution in [0.15, 0.2) is 24.3 Å². The molecule has 0 saturated carbocycles. The normalized spacial score (nSPS) is 18.2. The summed E-state index contributed by atoms with van der Waals surface area (Å²) >= 11 is 0. The largest absolute Gasteiger partial charge is 0.468 e. The van der Waals surface area contributed by atoms with E-state index in [0.29, 0.717) is 5.56 Å². The molecule has 1 atom stereocenters. The van der Waals surface area contributed by atoms with E-state index in [1.807, 2.05) is 0 Å². The van der Waals surface area contributed by atoms with Crippen molar-refractivity contribution >= 4 is 17.7 Å². The van der Waals surface area contributed by atoms with Gasteiger partial charge in [0.2, 0.25) is 5.91 Å². The van der Waals surface area contributed by atoms with Crippen molar-refractivity contribution in [2.45, 2.75) is 6.42 Å². The number of nitrogens with zero attached hydrogens (tertiary/aromatic N) is 1. The van der Waals surface area contributed by atoms with E-state index in [1.54, 1.807) is 0 Å². The molecule has 0 aliphatic carbocycles. The zero-order valence-electron chi connectivity index (χ0n) is 11.0. The second kappa shape index (κ2) is 5.81. The third-order valence-corrected chi connectivity index (χ3v) is 3.25. The topological polar surface area (TPSA) is 63.7 Å². The molecule has 0 radical (unpaired) electrons. The second-order valence-electron chi connectivity index (χ2n) is 4.62. The van der Waals surface area contributed by atoms with Crippen LogP contribution in [0, 0.1) is 11.7 Å². The smallest absolute Gasteiger partial charge is 0.318 e. The van der Waals surface area contributed by atoms with E-state index in [4.69, 9.17) is 0 Å². The maximum atomic E-state index is 12.8. The monoisotopic (exact) mass is 279 g/mol. The van der Waals surface area contributed by atoms with Crippen molar-refractivity contribution in [1.29, 1.82) is 0 Å². The zero-order chi connectivity index (χ0) is 14.7. The number of esters is 1. The molecular weight excluding hydrogens is 265 g/mol. The van der Waals surface area contributed by atoms with Crippen molar-refractivity contribution in [3.8, 4) is 0 Å². The molecule has 0 N–H and O–H groups in total. The summed E-state index contributed by atoms with van der Waals surface area (Å²) in [5.74, 6) is -2.46. The van der Waals surface area contributed by atoms with E-state index in [9.17, 15) is 18.8 Å². The Morgan fingerprint density at radius 1 is 1.35 bits per heavy atom. The number of hydrogen-bond acceptors (Lipinski definition) is 4. The van der Waals surface area contributed by atoms with Gasteiger partial charge >= 0.3 is 5.97 Å². The first-order valence-electron chi connectivity index (χ1n) is 6.14. The lowest BCUT2D eigenvalue weighted by Gasteiger charge is -2.15. The summed E-state index contributed by atoms with van der Waals surface area (Å²) in [4.78, 5) is 36.4. The molecule has 1 aliphatic rings. The Morgan fingerprint density at radius 2 is 2.00 bits per heavy atom. The average Bonchev–Trinajstić information content (AvgIpc) is 2.82. The van der Waals surface area contributed by atoms with Gasteiger partial charge in [0.25, 0.3) is 0 Å². The number of likely N-dealkylation sites (tertiary alicyclic amines) is 1. The van der Waals surface area contributed by atoms with E-state index in [1.165, 1.54) is 36.3 Å². The van der Waals surface area contributed by atoms with Crippen LogP contribution in [-0.4, -0.2) is 42.8 Å². The van der Waals surface area contributed by atoms with Gasteiger partial charge in [0.05, 0.1) is 20.1 Å². The summed E-state index contributed by atoms with van der Waals surface area (Å²) in [6, 6.07) is 5.58. The summed E-state index contributed by atoms with van der Waals surface area (Å²) in [6.45, 7) is -0.0364. The SMILES string of the molecule is COC(=O)C1CN(C(=O)Cc2ccc(F)cc2)CC1=O. The Hall–Kier alpha value is -2.24. The predicted molar refractivity (Wildman–Crippen MR) is 67.2 cm³/mol. The molecule has 1 saturated heterocycles. The number of halogens is 1. The quantitative estimate of drug-likeness (QED) is 0.599. The van der Waals surface area contributed by atoms with Crippen LogP contribution in [0.25, 0.3) is 0 Å². The number of benzene rings is 1. The highest BCUT2D eigenvalue weighted by Gasteiger charge is 2.38. The minimum Gasteiger partial charge on any atom is -0.468 e. The van der Waals surface area contributed by atoms with E-state index in [-0.39, 0.29) is 37.0 Å². The van der Waals surface area contributed by atoms with E-state index in [2.05, 4.69) is 4.74 Å². The third-order valence-electron chi connectivity index (χ3n) is 3.25. The highest BCUT2D eigenvalue weighted by molar-refractivity contribution is 6.04. The molecule has 1 amide bonds. The molecule has 1 fully saturated rings. The standard InChI is InChI=1S/C14H14FNO4/c1-20-14(19)11-7-16(8-12(11)17)13(18)6-9-2-4-10(15)5-3-9/h2-5,11H,6-8H2,1H3. The average molecular weight is 279 g/mol. The summed E-state index contributed by atoms with van der Waals surface area (Å²) in [6.07, 6.45) is 0.0709. The highest BCUT2D eigenvalue weighted by Crippen LogP contribution is 2.16. The Bertz CT molecular complexity index is 541. The zero-order valence-corrected chi connectivity index (χ0v) is 11.0. The predicted octanol–water partition coefficient (Wildman–Crippen LogP) is 0.569. The number of carbonyl (C=O) groups is 3. The molecule has 0 bridgehead atoms. The highest BCUT2D eigenvalue weighted by atomic mass is 19.1. The number of amides is 1. The van der Waals surface area contributed by atoms with Gasteiger partial charge in [-0.25, -0.2) is 4.39 Å². The van der Waals surface area contributed by atoms with Gasteiger partial charge in [-0.3, -0.25) is 14.4 Å². The van der Waals surface area contributed by atoms with E-state index < -0.39 is 11.9 Å². The molecule has 1 aromatic carbocycles. The molecule has 106 valence electrons. The number of ether oxygens (including phenoxy) is 1. The van der Waals surface area contributed by atoms with Crippen LogP contribution in [-0.2, 0) is 25.5 Å². The van der Waals surface area contributed by atoms with Gasteiger partial charge in [0.15, 0.2) is 5.78 Å². The number of methoxy groups -OCH3 is 1. The lowest BCUT2D eigenvalue weighted by Crippen LogP contribution is -2.31. The molecule has 0 spiro atoms. The molecular formula is C14H14FNO4. The molecule has 6 heteroatoms. The Kier molecular flexibility index (Phi) is 4.12. The number of hydrogen-bond donors (Lipinski definition) is 0. The van der Waals surface area contributed by atoms with Crippen molar-refractivity contribution in [2.75, 3.05) is 20.2 Å². The Balaban J connectivity index is 1.99. The molecule has 1 aromatic rings. The first kappa shape index (κ1) is 14.2. The number of rotatable bonds is 3. The summed E-state index contributed by atoms with van der Waals surface area (Å²) in [7, 11) is 1.21. The number of carbonyl (C=O) groups excluding carboxylic acids is 3. The number of Topliss-reactive ketones (excluding diaryl/α,β-unsaturated/α-hetero) is 1. The minimum atomic E-state index is -0.892. The van der Waals surface area contributed by atoms with Gasteiger partial charge in [0.1, 0.15) is 11.7 Å². The van der Waals surface area contributed by atoms with Crippen molar-refractivity contribution in [3.63, 3.8) is 0 Å². The van der Waals surface area contributed by atoms with Crippen LogP contribution in [0.1, 0.15) is 5.56 Å². The van der Waals surface area contributed by atoms with Gasteiger partial charge in [-0.05, 0) is 17.7 Å². The van der Waals surface area contributed by atoms with Gasteiger partial charge in [-0.15, -0.1) is 0 Å². The van der Waals surface area contributed by atoms with Crippen molar-refractivity contribution in [1.82, 2.24) is 4.90 Å². The van der Waals surface area contributed by atoms with Crippen LogP contribution in [0.3, 0.4) is 0 Å². The molecule has 20 heavy (non-hydrogen) atoms. The van der Waals surface area contributed by atoms with Crippen LogP contribution >= 0.6 is 0 Å². The van der Waals surface area contributed by atoms with Crippen LogP contribution in [0.5, 0.6) is 0 Å². The van der Waals surface area contributed by atoms with Crippen LogP contribution < -0.4 is 0 Å². The number of ketones is 1. The van der Waals surface area contributed by atoms with Gasteiger partial charge in [0, 0.05) is 6.54 Å². The summed E-state index contributed by atoms with van der Waals surface area (Å²) in [5, 5.41) is 0. The fourth-order valence-corrected chi connectivity index (χ4v) is 2.11. The molecule has 2 rings (SSSR count). The van der Waals surface area contributed by atoms with Gasteiger partial charge < -0.3 is 9.64 Å². The Morgan fingerprint density at radius 3 is 2.60 bits per heavy atom. The van der Waals surface area contributed by atoms with Gasteiger partial charge in [-0.1, -0.05) is 12.1 Å². The first-order valence-corrected chi connectivity index (χ1v) is 6.14. The fourth-order valence-electron chi connectivity index (χ4n) is 2.11. The lowest BCUT2D eigenvalue weighted by molar-refractivity contribution is -0.147.